The molecule has 17 unspecified atom stereocenters. The molecule has 0 spiro atoms. The van der Waals surface area contributed by atoms with Crippen molar-refractivity contribution in [2.24, 2.45) is 0 Å². The molecule has 0 bridgehead atoms. The lowest BCUT2D eigenvalue weighted by molar-refractivity contribution is -0.379. The number of carbonyl (C=O) groups excluding carboxylic acids is 1. The SMILES string of the molecule is CCCCCCC/C=C\C/C=C\CCCCCCCCCCCCCCCC(=O)NC(COC1OC(CO)C(OC2OC(CO)C(OC3OC(CO)C(O)C(O)C3O)C(O)C2O)C(O)C1O)C(O)/C=C/CCCCCCCCCCCCCCCCCCCCCCCCCCCCC. The summed E-state index contributed by atoms with van der Waals surface area (Å²) in [5.41, 5.74) is 0. The van der Waals surface area contributed by atoms with E-state index in [1.54, 1.807) is 6.08 Å². The number of unbranched alkanes of at least 4 members (excludes halogenated alkanes) is 45. The first-order valence-corrected chi connectivity index (χ1v) is 40.7. The molecular formula is C80H149NO18. The van der Waals surface area contributed by atoms with Crippen LogP contribution in [0, 0.1) is 0 Å². The Morgan fingerprint density at radius 3 is 1.03 bits per heavy atom. The van der Waals surface area contributed by atoms with Crippen LogP contribution >= 0.6 is 0 Å². The van der Waals surface area contributed by atoms with Gasteiger partial charge in [0.25, 0.3) is 0 Å². The smallest absolute Gasteiger partial charge is 0.220 e. The zero-order valence-corrected chi connectivity index (χ0v) is 62.2. The molecular weight excluding hydrogens is 1260 g/mol. The van der Waals surface area contributed by atoms with Crippen LogP contribution in [0.2, 0.25) is 0 Å². The van der Waals surface area contributed by atoms with Crippen LogP contribution in [0.15, 0.2) is 36.5 Å². The molecule has 0 aliphatic carbocycles. The lowest BCUT2D eigenvalue weighted by atomic mass is 9.96. The van der Waals surface area contributed by atoms with Gasteiger partial charge in [0.05, 0.1) is 38.6 Å². The first kappa shape index (κ1) is 91.2. The summed E-state index contributed by atoms with van der Waals surface area (Å²) >= 11 is 0. The molecule has 3 aliphatic rings. The topological polar surface area (TPSA) is 307 Å². The fourth-order valence-electron chi connectivity index (χ4n) is 13.9. The van der Waals surface area contributed by atoms with Gasteiger partial charge in [-0.3, -0.25) is 4.79 Å². The van der Waals surface area contributed by atoms with Crippen LogP contribution in [0.25, 0.3) is 0 Å². The minimum absolute atomic E-state index is 0.244. The van der Waals surface area contributed by atoms with Crippen molar-refractivity contribution in [1.29, 1.82) is 0 Å². The number of aliphatic hydroxyl groups excluding tert-OH is 11. The van der Waals surface area contributed by atoms with Gasteiger partial charge >= 0.3 is 0 Å². The van der Waals surface area contributed by atoms with Gasteiger partial charge in [0.15, 0.2) is 18.9 Å². The molecule has 99 heavy (non-hydrogen) atoms. The summed E-state index contributed by atoms with van der Waals surface area (Å²) in [5, 5.41) is 121. The third kappa shape index (κ3) is 41.5. The van der Waals surface area contributed by atoms with Gasteiger partial charge in [0.1, 0.15) is 73.2 Å². The van der Waals surface area contributed by atoms with Crippen molar-refractivity contribution in [1.82, 2.24) is 5.32 Å². The molecule has 0 radical (unpaired) electrons. The first-order valence-electron chi connectivity index (χ1n) is 40.7. The number of ether oxygens (including phenoxy) is 6. The zero-order valence-electron chi connectivity index (χ0n) is 62.2. The van der Waals surface area contributed by atoms with Crippen molar-refractivity contribution in [3.05, 3.63) is 36.5 Å². The Balaban J connectivity index is 1.38. The van der Waals surface area contributed by atoms with Crippen molar-refractivity contribution in [2.45, 2.75) is 439 Å². The van der Waals surface area contributed by atoms with Gasteiger partial charge in [-0.05, 0) is 51.4 Å². The quantitative estimate of drug-likeness (QED) is 0.0199. The van der Waals surface area contributed by atoms with Crippen LogP contribution in [0.3, 0.4) is 0 Å². The fourth-order valence-corrected chi connectivity index (χ4v) is 13.9. The van der Waals surface area contributed by atoms with Crippen LogP contribution in [0.4, 0.5) is 0 Å². The molecule has 0 saturated carbocycles. The van der Waals surface area contributed by atoms with Crippen molar-refractivity contribution in [2.75, 3.05) is 26.4 Å². The van der Waals surface area contributed by atoms with E-state index in [2.05, 4.69) is 43.5 Å². The Labute approximate surface area is 600 Å². The van der Waals surface area contributed by atoms with Crippen LogP contribution in [-0.4, -0.2) is 193 Å². The van der Waals surface area contributed by atoms with Gasteiger partial charge in [-0.1, -0.05) is 314 Å². The second-order valence-corrected chi connectivity index (χ2v) is 29.2. The van der Waals surface area contributed by atoms with E-state index >= 15 is 0 Å². The molecule has 3 heterocycles. The van der Waals surface area contributed by atoms with E-state index in [1.807, 2.05) is 6.08 Å². The summed E-state index contributed by atoms with van der Waals surface area (Å²) < 4.78 is 34.5. The zero-order chi connectivity index (χ0) is 71.8. The van der Waals surface area contributed by atoms with E-state index in [0.717, 1.165) is 51.4 Å². The molecule has 0 aromatic rings. The number of rotatable bonds is 65. The van der Waals surface area contributed by atoms with Crippen molar-refractivity contribution in [3.63, 3.8) is 0 Å². The monoisotopic (exact) mass is 1410 g/mol. The molecule has 582 valence electrons. The third-order valence-electron chi connectivity index (χ3n) is 20.4. The molecule has 3 saturated heterocycles. The lowest BCUT2D eigenvalue weighted by Crippen LogP contribution is -2.66. The molecule has 19 nitrogen and oxygen atoms in total. The highest BCUT2D eigenvalue weighted by molar-refractivity contribution is 5.76. The van der Waals surface area contributed by atoms with Crippen LogP contribution < -0.4 is 5.32 Å². The minimum atomic E-state index is -1.98. The Kier molecular flexibility index (Phi) is 56.4. The van der Waals surface area contributed by atoms with Crippen LogP contribution in [-0.2, 0) is 33.2 Å². The number of nitrogens with one attached hydrogen (secondary N) is 1. The Hall–Kier alpha value is -1.99. The predicted molar refractivity (Wildman–Crippen MR) is 393 cm³/mol. The van der Waals surface area contributed by atoms with E-state index in [4.69, 9.17) is 28.4 Å². The predicted octanol–water partition coefficient (Wildman–Crippen LogP) is 13.5. The number of allylic oxidation sites excluding steroid dienone is 5. The lowest BCUT2D eigenvalue weighted by Gasteiger charge is -2.48. The van der Waals surface area contributed by atoms with E-state index in [9.17, 15) is 61.0 Å². The number of amides is 1. The van der Waals surface area contributed by atoms with Gasteiger partial charge < -0.3 is 89.9 Å². The van der Waals surface area contributed by atoms with E-state index in [0.29, 0.717) is 6.42 Å². The van der Waals surface area contributed by atoms with Crippen molar-refractivity contribution in [3.8, 4) is 0 Å². The van der Waals surface area contributed by atoms with Gasteiger partial charge in [-0.25, -0.2) is 0 Å². The maximum atomic E-state index is 13.5. The average Bonchev–Trinajstić information content (AvgIpc) is 0.755. The summed E-state index contributed by atoms with van der Waals surface area (Å²) in [4.78, 5) is 13.5. The largest absolute Gasteiger partial charge is 0.394 e. The summed E-state index contributed by atoms with van der Waals surface area (Å²) in [7, 11) is 0. The van der Waals surface area contributed by atoms with E-state index in [1.165, 1.54) is 257 Å². The fraction of sp³-hybridized carbons (Fsp3) is 0.912. The number of aliphatic hydroxyl groups is 11. The molecule has 0 aromatic heterocycles. The highest BCUT2D eigenvalue weighted by Crippen LogP contribution is 2.33. The summed E-state index contributed by atoms with van der Waals surface area (Å²) in [6.07, 6.45) is 48.4. The molecule has 3 aliphatic heterocycles. The summed E-state index contributed by atoms with van der Waals surface area (Å²) in [5.74, 6) is -0.272. The van der Waals surface area contributed by atoms with E-state index in [-0.39, 0.29) is 18.9 Å². The van der Waals surface area contributed by atoms with Gasteiger partial charge in [0.2, 0.25) is 5.91 Å². The second kappa shape index (κ2) is 61.2. The van der Waals surface area contributed by atoms with Gasteiger partial charge in [-0.15, -0.1) is 0 Å². The maximum Gasteiger partial charge on any atom is 0.220 e. The highest BCUT2D eigenvalue weighted by Gasteiger charge is 2.54. The van der Waals surface area contributed by atoms with Crippen molar-refractivity contribution >= 4 is 5.91 Å². The maximum absolute atomic E-state index is 13.5. The molecule has 3 fully saturated rings. The average molecular weight is 1410 g/mol. The Morgan fingerprint density at radius 2 is 0.667 bits per heavy atom. The summed E-state index contributed by atoms with van der Waals surface area (Å²) in [6.45, 7) is 1.78. The first-order chi connectivity index (χ1) is 48.3. The number of carbonyl (C=O) groups is 1. The Morgan fingerprint density at radius 1 is 0.364 bits per heavy atom. The normalized spacial score (nSPS) is 26.7. The minimum Gasteiger partial charge on any atom is -0.394 e. The van der Waals surface area contributed by atoms with Gasteiger partial charge in [-0.2, -0.15) is 0 Å². The molecule has 19 heteroatoms. The highest BCUT2D eigenvalue weighted by atomic mass is 16.8. The molecule has 3 rings (SSSR count). The summed E-state index contributed by atoms with van der Waals surface area (Å²) in [6, 6.07) is -0.975. The Bertz CT molecular complexity index is 1930. The van der Waals surface area contributed by atoms with Gasteiger partial charge in [0, 0.05) is 6.42 Å². The molecule has 1 amide bonds. The van der Waals surface area contributed by atoms with Crippen molar-refractivity contribution < 1.29 is 89.4 Å². The molecule has 12 N–H and O–H groups in total. The number of hydrogen-bond donors (Lipinski definition) is 12. The molecule has 0 aromatic carbocycles. The molecule has 17 atom stereocenters. The standard InChI is InChI=1S/C80H149NO18/c1-3-5-7-9-11-13-15-17-19-21-23-25-27-29-30-31-32-34-35-37-39-41-43-45-47-49-51-53-55-57-64(85)63(81-68(86)58-56-54-52-50-48-46-44-42-40-38-36-33-28-26-24-22-20-18-16-14-12-10-8-6-4-2)62-94-78-74(92)71(89)76(66(60-83)96-78)99-80-75(93)72(90)77(67(61-84)97-80)98-79-73(91)70(88)69(87)65(59-82)95-79/h16,18,22,24,55,57,63-67,69-80,82-85,87-93H,3-15,17,19-21,23,25-54,56,58-62H2,1-2H3,(H,81,86)/b18-16-,24-22-,57-55+. The van der Waals surface area contributed by atoms with E-state index < -0.39 is 124 Å². The number of hydrogen-bond acceptors (Lipinski definition) is 18. The second-order valence-electron chi connectivity index (χ2n) is 29.2. The van der Waals surface area contributed by atoms with Crippen LogP contribution in [0.5, 0.6) is 0 Å². The van der Waals surface area contributed by atoms with Crippen LogP contribution in [0.1, 0.15) is 335 Å². The third-order valence-corrected chi connectivity index (χ3v) is 20.4.